The van der Waals surface area contributed by atoms with Crippen molar-refractivity contribution in [2.75, 3.05) is 13.2 Å². The highest BCUT2D eigenvalue weighted by Crippen LogP contribution is 1.95. The molecule has 0 amide bonds. The summed E-state index contributed by atoms with van der Waals surface area (Å²) >= 11 is 0. The second-order valence-electron chi connectivity index (χ2n) is 2.26. The van der Waals surface area contributed by atoms with Crippen LogP contribution in [0.2, 0.25) is 0 Å². The van der Waals surface area contributed by atoms with Crippen molar-refractivity contribution < 1.29 is 24.2 Å². The zero-order chi connectivity index (χ0) is 11.0. The van der Waals surface area contributed by atoms with Crippen molar-refractivity contribution in [3.05, 3.63) is 25.3 Å². The van der Waals surface area contributed by atoms with Crippen molar-refractivity contribution in [1.29, 1.82) is 0 Å². The monoisotopic (exact) mass is 199 g/mol. The van der Waals surface area contributed by atoms with E-state index in [4.69, 9.17) is 0 Å². The van der Waals surface area contributed by atoms with Gasteiger partial charge in [-0.15, -0.1) is 0 Å². The molecule has 14 heavy (non-hydrogen) atoms. The van der Waals surface area contributed by atoms with E-state index in [0.29, 0.717) is 0 Å². The molecule has 0 rings (SSSR count). The molecule has 0 saturated carbocycles. The third-order valence-electron chi connectivity index (χ3n) is 1.21. The highest BCUT2D eigenvalue weighted by molar-refractivity contribution is 5.82. The second kappa shape index (κ2) is 6.85. The van der Waals surface area contributed by atoms with E-state index >= 15 is 0 Å². The van der Waals surface area contributed by atoms with Gasteiger partial charge in [0.1, 0.15) is 13.2 Å². The highest BCUT2D eigenvalue weighted by Gasteiger charge is 2.13. The summed E-state index contributed by atoms with van der Waals surface area (Å²) in [7, 11) is 0. The van der Waals surface area contributed by atoms with Crippen LogP contribution in [-0.2, 0) is 24.2 Å². The quantitative estimate of drug-likeness (QED) is 0.454. The molecule has 0 fully saturated rings. The van der Waals surface area contributed by atoms with Gasteiger partial charge in [0.2, 0.25) is 0 Å². The van der Waals surface area contributed by atoms with Gasteiger partial charge in [0.25, 0.3) is 0 Å². The third-order valence-corrected chi connectivity index (χ3v) is 1.21. The van der Waals surface area contributed by atoms with Crippen molar-refractivity contribution in [1.82, 2.24) is 0 Å². The Hall–Kier alpha value is -1.62. The van der Waals surface area contributed by atoms with Gasteiger partial charge in [0, 0.05) is 12.2 Å². The zero-order valence-corrected chi connectivity index (χ0v) is 7.60. The molecule has 0 aliphatic rings. The molecule has 0 aromatic carbocycles. The van der Waals surface area contributed by atoms with E-state index in [2.05, 4.69) is 22.6 Å². The SMILES string of the molecule is C=CC(=O)OCC(C[O])OC(=O)C=C. The average molecular weight is 199 g/mol. The van der Waals surface area contributed by atoms with E-state index in [1.165, 1.54) is 0 Å². The summed E-state index contributed by atoms with van der Waals surface area (Å²) in [4.78, 5) is 21.2. The molecule has 5 nitrogen and oxygen atoms in total. The van der Waals surface area contributed by atoms with Gasteiger partial charge in [-0.2, -0.15) is 0 Å². The minimum atomic E-state index is -0.982. The van der Waals surface area contributed by atoms with E-state index < -0.39 is 24.6 Å². The van der Waals surface area contributed by atoms with Crippen LogP contribution in [0.25, 0.3) is 0 Å². The number of carbonyl (C=O) groups excluding carboxylic acids is 2. The Kier molecular flexibility index (Phi) is 6.06. The summed E-state index contributed by atoms with van der Waals surface area (Å²) < 4.78 is 9.08. The van der Waals surface area contributed by atoms with Gasteiger partial charge >= 0.3 is 11.9 Å². The fourth-order valence-electron chi connectivity index (χ4n) is 0.563. The molecule has 0 aromatic heterocycles. The van der Waals surface area contributed by atoms with Crippen LogP contribution in [0.4, 0.5) is 0 Å². The Labute approximate surface area is 81.6 Å². The Bertz CT molecular complexity index is 233. The average Bonchev–Trinajstić information content (AvgIpc) is 2.22. The number of esters is 2. The normalized spacial score (nSPS) is 11.2. The van der Waals surface area contributed by atoms with Crippen LogP contribution in [-0.4, -0.2) is 31.3 Å². The van der Waals surface area contributed by atoms with Gasteiger partial charge < -0.3 is 9.47 Å². The van der Waals surface area contributed by atoms with Gasteiger partial charge in [-0.3, -0.25) is 0 Å². The second-order valence-corrected chi connectivity index (χ2v) is 2.26. The van der Waals surface area contributed by atoms with Crippen LogP contribution in [0.5, 0.6) is 0 Å². The first kappa shape index (κ1) is 12.4. The molecular formula is C9H11O5. The highest BCUT2D eigenvalue weighted by atomic mass is 16.6. The lowest BCUT2D eigenvalue weighted by Gasteiger charge is -2.12. The van der Waals surface area contributed by atoms with Crippen LogP contribution < -0.4 is 0 Å². The first-order valence-corrected chi connectivity index (χ1v) is 3.84. The summed E-state index contributed by atoms with van der Waals surface area (Å²) in [6.07, 6.45) is 0.902. The molecule has 0 aliphatic carbocycles. The molecular weight excluding hydrogens is 188 g/mol. The fourth-order valence-corrected chi connectivity index (χ4v) is 0.563. The zero-order valence-electron chi connectivity index (χ0n) is 7.60. The van der Waals surface area contributed by atoms with E-state index in [9.17, 15) is 14.7 Å². The Morgan fingerprint density at radius 3 is 2.21 bits per heavy atom. The summed E-state index contributed by atoms with van der Waals surface area (Å²) in [5, 5.41) is 10.5. The molecule has 0 bridgehead atoms. The van der Waals surface area contributed by atoms with Crippen molar-refractivity contribution in [2.45, 2.75) is 6.10 Å². The Balaban J connectivity index is 3.90. The van der Waals surface area contributed by atoms with E-state index in [1.807, 2.05) is 0 Å². The molecule has 1 radical (unpaired) electrons. The smallest absolute Gasteiger partial charge is 0.330 e. The molecule has 0 aliphatic heterocycles. The van der Waals surface area contributed by atoms with Gasteiger partial charge in [-0.05, 0) is 0 Å². The van der Waals surface area contributed by atoms with Gasteiger partial charge in [-0.25, -0.2) is 14.7 Å². The summed E-state index contributed by atoms with van der Waals surface area (Å²) in [5.74, 6) is -1.39. The predicted molar refractivity (Wildman–Crippen MR) is 46.8 cm³/mol. The molecule has 0 spiro atoms. The van der Waals surface area contributed by atoms with Gasteiger partial charge in [0.15, 0.2) is 6.10 Å². The topological polar surface area (TPSA) is 72.5 Å². The maximum Gasteiger partial charge on any atom is 0.330 e. The van der Waals surface area contributed by atoms with Crippen LogP contribution in [0.15, 0.2) is 25.3 Å². The molecule has 0 aromatic rings. The molecule has 1 unspecified atom stereocenters. The number of hydrogen-bond acceptors (Lipinski definition) is 4. The lowest BCUT2D eigenvalue weighted by molar-refractivity contribution is -0.156. The number of carbonyl (C=O) groups is 2. The number of rotatable bonds is 6. The molecule has 1 atom stereocenters. The van der Waals surface area contributed by atoms with Crippen molar-refractivity contribution in [3.8, 4) is 0 Å². The van der Waals surface area contributed by atoms with E-state index in [1.54, 1.807) is 0 Å². The third kappa shape index (κ3) is 5.10. The first-order chi connectivity index (χ1) is 6.63. The van der Waals surface area contributed by atoms with E-state index in [0.717, 1.165) is 12.2 Å². The Morgan fingerprint density at radius 1 is 1.21 bits per heavy atom. The first-order valence-electron chi connectivity index (χ1n) is 3.84. The van der Waals surface area contributed by atoms with Crippen molar-refractivity contribution >= 4 is 11.9 Å². The van der Waals surface area contributed by atoms with Gasteiger partial charge in [0.05, 0.1) is 0 Å². The van der Waals surface area contributed by atoms with Crippen LogP contribution in [0.1, 0.15) is 0 Å². The fraction of sp³-hybridized carbons (Fsp3) is 0.333. The minimum Gasteiger partial charge on any atom is -0.458 e. The van der Waals surface area contributed by atoms with Crippen LogP contribution >= 0.6 is 0 Å². The lowest BCUT2D eigenvalue weighted by atomic mass is 10.4. The van der Waals surface area contributed by atoms with Crippen LogP contribution in [0, 0.1) is 0 Å². The predicted octanol–water partition coefficient (Wildman–Crippen LogP) is 0.244. The molecule has 0 N–H and O–H groups in total. The van der Waals surface area contributed by atoms with Gasteiger partial charge in [-0.1, -0.05) is 13.2 Å². The minimum absolute atomic E-state index is 0.270. The van der Waals surface area contributed by atoms with Crippen molar-refractivity contribution in [3.63, 3.8) is 0 Å². The summed E-state index contributed by atoms with van der Waals surface area (Å²) in [5.41, 5.74) is 0. The molecule has 5 heteroatoms. The van der Waals surface area contributed by atoms with Crippen molar-refractivity contribution in [2.24, 2.45) is 0 Å². The maximum absolute atomic E-state index is 10.7. The number of ether oxygens (including phenoxy) is 2. The lowest BCUT2D eigenvalue weighted by Crippen LogP contribution is -2.26. The summed E-state index contributed by atoms with van der Waals surface area (Å²) in [6.45, 7) is 5.38. The molecule has 0 saturated heterocycles. The van der Waals surface area contributed by atoms with Crippen LogP contribution in [0.3, 0.4) is 0 Å². The Morgan fingerprint density at radius 2 is 1.79 bits per heavy atom. The number of hydrogen-bond donors (Lipinski definition) is 0. The van der Waals surface area contributed by atoms with E-state index in [-0.39, 0.29) is 6.61 Å². The standard InChI is InChI=1S/C9H11O5/c1-3-8(11)13-6-7(5-10)14-9(12)4-2/h3-4,7H,1-2,5-6H2. The molecule has 77 valence electrons. The largest absolute Gasteiger partial charge is 0.458 e. The molecule has 0 heterocycles. The summed E-state index contributed by atoms with van der Waals surface area (Å²) in [6, 6.07) is 0. The maximum atomic E-state index is 10.7.